The number of para-hydroxylation sites is 2. The lowest BCUT2D eigenvalue weighted by Crippen LogP contribution is -2.69. The summed E-state index contributed by atoms with van der Waals surface area (Å²) in [6.07, 6.45) is 4.39. The molecule has 1 spiro atoms. The van der Waals surface area contributed by atoms with Gasteiger partial charge in [-0.05, 0) is 42.0 Å². The summed E-state index contributed by atoms with van der Waals surface area (Å²) in [5, 5.41) is 0. The molecule has 4 aliphatic rings. The third-order valence-electron chi connectivity index (χ3n) is 6.95. The van der Waals surface area contributed by atoms with E-state index in [1.807, 2.05) is 24.3 Å². The van der Waals surface area contributed by atoms with Crippen molar-refractivity contribution in [2.24, 2.45) is 0 Å². The summed E-state index contributed by atoms with van der Waals surface area (Å²) in [7, 11) is 0. The molecule has 1 aromatic heterocycles. The van der Waals surface area contributed by atoms with E-state index in [0.717, 1.165) is 45.4 Å². The Morgan fingerprint density at radius 3 is 2.09 bits per heavy atom. The van der Waals surface area contributed by atoms with Crippen molar-refractivity contribution in [3.63, 3.8) is 0 Å². The van der Waals surface area contributed by atoms with Crippen molar-refractivity contribution in [3.8, 4) is 22.8 Å². The first-order valence-corrected chi connectivity index (χ1v) is 10.9. The molecule has 5 heteroatoms. The molecule has 4 aromatic rings. The molecule has 0 bridgehead atoms. The Morgan fingerprint density at radius 2 is 1.28 bits per heavy atom. The second-order valence-corrected chi connectivity index (χ2v) is 8.55. The molecule has 5 heterocycles. The highest BCUT2D eigenvalue weighted by Crippen LogP contribution is 2.49. The Labute approximate surface area is 185 Å². The van der Waals surface area contributed by atoms with Crippen LogP contribution in [-0.2, 0) is 0 Å². The van der Waals surface area contributed by atoms with Crippen LogP contribution in [-0.4, -0.2) is 21.5 Å². The number of nitrogens with zero attached hydrogens (tertiary/aromatic N) is 2. The molecule has 4 aliphatic heterocycles. The highest BCUT2D eigenvalue weighted by atomic mass is 16.6. The van der Waals surface area contributed by atoms with Crippen molar-refractivity contribution in [2.45, 2.75) is 0 Å². The maximum absolute atomic E-state index is 6.85. The lowest BCUT2D eigenvalue weighted by Gasteiger charge is -2.47. The van der Waals surface area contributed by atoms with Crippen LogP contribution in [0.1, 0.15) is 16.8 Å². The molecule has 8 rings (SSSR count). The maximum atomic E-state index is 6.85. The molecule has 150 valence electrons. The minimum Gasteiger partial charge on any atom is -0.601 e. The van der Waals surface area contributed by atoms with Crippen molar-refractivity contribution in [1.29, 1.82) is 0 Å². The summed E-state index contributed by atoms with van der Waals surface area (Å²) in [4.78, 5) is 0. The third-order valence-corrected chi connectivity index (χ3v) is 6.95. The molecule has 0 radical (unpaired) electrons. The van der Waals surface area contributed by atoms with E-state index in [1.54, 1.807) is 0 Å². The zero-order valence-electron chi connectivity index (χ0n) is 17.1. The average molecular weight is 412 g/mol. The number of allylic oxidation sites excluding steroid dienone is 2. The Morgan fingerprint density at radius 1 is 0.625 bits per heavy atom. The highest BCUT2D eigenvalue weighted by Gasteiger charge is 2.63. The van der Waals surface area contributed by atoms with E-state index in [1.165, 1.54) is 11.1 Å². The quantitative estimate of drug-likeness (QED) is 0.408. The SMILES string of the molecule is C1=CC2=[N+]3C1=C(c1ccccc1)c1ccc4n1[B-]3(Oc1ccccc12)Oc1ccccc1-4. The molecular formula is C27H17BN2O2. The van der Waals surface area contributed by atoms with Crippen LogP contribution >= 0.6 is 0 Å². The molecule has 3 aromatic carbocycles. The summed E-state index contributed by atoms with van der Waals surface area (Å²) in [6.45, 7) is -2.05. The fourth-order valence-electron chi connectivity index (χ4n) is 5.72. The monoisotopic (exact) mass is 412 g/mol. The second-order valence-electron chi connectivity index (χ2n) is 8.55. The number of hydrogen-bond acceptors (Lipinski definition) is 2. The van der Waals surface area contributed by atoms with Gasteiger partial charge in [-0.1, -0.05) is 54.6 Å². The topological polar surface area (TPSA) is 26.4 Å². The predicted octanol–water partition coefficient (Wildman–Crippen LogP) is 5.07. The summed E-state index contributed by atoms with van der Waals surface area (Å²) in [6, 6.07) is 31.4. The summed E-state index contributed by atoms with van der Waals surface area (Å²) >= 11 is 0. The van der Waals surface area contributed by atoms with Crippen LogP contribution in [0.5, 0.6) is 11.5 Å². The van der Waals surface area contributed by atoms with Gasteiger partial charge < -0.3 is 18.3 Å². The normalized spacial score (nSPS) is 20.8. The van der Waals surface area contributed by atoms with Gasteiger partial charge in [0.05, 0.1) is 22.6 Å². The maximum Gasteiger partial charge on any atom is 0.780 e. The molecule has 0 fully saturated rings. The van der Waals surface area contributed by atoms with Gasteiger partial charge in [-0.25, -0.2) is 0 Å². The lowest BCUT2D eigenvalue weighted by atomic mass is 9.75. The van der Waals surface area contributed by atoms with E-state index in [-0.39, 0.29) is 0 Å². The molecule has 1 unspecified atom stereocenters. The van der Waals surface area contributed by atoms with Crippen LogP contribution < -0.4 is 9.31 Å². The Balaban J connectivity index is 1.55. The Hall–Kier alpha value is -4.25. The van der Waals surface area contributed by atoms with Gasteiger partial charge in [-0.15, -0.1) is 0 Å². The van der Waals surface area contributed by atoms with Gasteiger partial charge in [-0.2, -0.15) is 0 Å². The van der Waals surface area contributed by atoms with Crippen molar-refractivity contribution in [3.05, 3.63) is 126 Å². The fourth-order valence-corrected chi connectivity index (χ4v) is 5.72. The van der Waals surface area contributed by atoms with Crippen molar-refractivity contribution >= 4 is 18.1 Å². The molecule has 0 aliphatic carbocycles. The van der Waals surface area contributed by atoms with E-state index in [2.05, 4.69) is 87.8 Å². The van der Waals surface area contributed by atoms with Gasteiger partial charge >= 0.3 is 6.82 Å². The van der Waals surface area contributed by atoms with E-state index in [0.29, 0.717) is 0 Å². The standard InChI is InChI=1S/C27H17BN2O2/c1-2-8-18(9-3-1)27-23-16-14-21-19-10-4-6-12-25(19)31-28(29(21)23)30-22(15-17-24(27)30)20-11-5-7-13-26(20)32-28/h1-17H. The summed E-state index contributed by atoms with van der Waals surface area (Å²) < 4.78 is 18.2. The van der Waals surface area contributed by atoms with Crippen LogP contribution in [0, 0.1) is 0 Å². The van der Waals surface area contributed by atoms with Gasteiger partial charge in [0.15, 0.2) is 11.4 Å². The van der Waals surface area contributed by atoms with E-state index in [9.17, 15) is 0 Å². The molecule has 32 heavy (non-hydrogen) atoms. The van der Waals surface area contributed by atoms with Crippen LogP contribution in [0.15, 0.2) is 109 Å². The average Bonchev–Trinajstić information content (AvgIpc) is 3.48. The molecule has 4 nitrogen and oxygen atoms in total. The number of aromatic nitrogens is 1. The number of benzene rings is 3. The van der Waals surface area contributed by atoms with Gasteiger partial charge in [0.2, 0.25) is 0 Å². The van der Waals surface area contributed by atoms with Crippen molar-refractivity contribution in [2.75, 3.05) is 0 Å². The van der Waals surface area contributed by atoms with Gasteiger partial charge in [0.1, 0.15) is 0 Å². The van der Waals surface area contributed by atoms with E-state index in [4.69, 9.17) is 9.31 Å². The predicted molar refractivity (Wildman–Crippen MR) is 125 cm³/mol. The number of fused-ring (bicyclic) bond motifs is 4. The first kappa shape index (κ1) is 16.4. The lowest BCUT2D eigenvalue weighted by molar-refractivity contribution is -0.372. The zero-order valence-corrected chi connectivity index (χ0v) is 17.1. The minimum absolute atomic E-state index is 0.845. The van der Waals surface area contributed by atoms with Crippen LogP contribution in [0.2, 0.25) is 0 Å². The minimum atomic E-state index is -2.05. The molecule has 0 saturated heterocycles. The Bertz CT molecular complexity index is 1580. The molecule has 0 amide bonds. The van der Waals surface area contributed by atoms with Crippen molar-refractivity contribution in [1.82, 2.24) is 4.48 Å². The summed E-state index contributed by atoms with van der Waals surface area (Å²) in [5.74, 6) is 1.69. The fraction of sp³-hybridized carbons (Fsp3) is 0. The zero-order chi connectivity index (χ0) is 20.9. The van der Waals surface area contributed by atoms with Gasteiger partial charge in [0.25, 0.3) is 0 Å². The number of hydrogen-bond donors (Lipinski definition) is 0. The number of rotatable bonds is 1. The highest BCUT2D eigenvalue weighted by molar-refractivity contribution is 6.63. The van der Waals surface area contributed by atoms with Gasteiger partial charge in [-0.3, -0.25) is 0 Å². The van der Waals surface area contributed by atoms with Crippen LogP contribution in [0.3, 0.4) is 0 Å². The third kappa shape index (κ3) is 1.80. The summed E-state index contributed by atoms with van der Waals surface area (Å²) in [5.41, 5.74) is 8.97. The molecule has 0 N–H and O–H groups in total. The Kier molecular flexibility index (Phi) is 2.83. The largest absolute Gasteiger partial charge is 0.780 e. The smallest absolute Gasteiger partial charge is 0.601 e. The first-order valence-electron chi connectivity index (χ1n) is 10.9. The first-order chi connectivity index (χ1) is 15.9. The molecule has 1 atom stereocenters. The molecule has 0 saturated carbocycles. The van der Waals surface area contributed by atoms with Gasteiger partial charge in [0, 0.05) is 29.1 Å². The second kappa shape index (κ2) is 5.51. The van der Waals surface area contributed by atoms with Crippen LogP contribution in [0.4, 0.5) is 0 Å². The van der Waals surface area contributed by atoms with E-state index < -0.39 is 6.82 Å². The van der Waals surface area contributed by atoms with E-state index >= 15 is 0 Å². The van der Waals surface area contributed by atoms with Crippen LogP contribution in [0.25, 0.3) is 16.8 Å². The van der Waals surface area contributed by atoms with Crippen molar-refractivity contribution < 1.29 is 13.8 Å². The molecular weight excluding hydrogens is 395 g/mol.